The topological polar surface area (TPSA) is 106 Å². The van der Waals surface area contributed by atoms with Crippen LogP contribution in [0.5, 0.6) is 5.75 Å². The fraction of sp³-hybridized carbons (Fsp3) is 0.455. The number of ether oxygens (including phenoxy) is 2. The lowest BCUT2D eigenvalue weighted by Crippen LogP contribution is -2.56. The van der Waals surface area contributed by atoms with Gasteiger partial charge in [0.2, 0.25) is 5.95 Å². The molecule has 2 aromatic carbocycles. The van der Waals surface area contributed by atoms with Crippen LogP contribution in [0.1, 0.15) is 59.1 Å². The van der Waals surface area contributed by atoms with Crippen molar-refractivity contribution in [2.24, 2.45) is 0 Å². The highest BCUT2D eigenvalue weighted by molar-refractivity contribution is 7.92. The van der Waals surface area contributed by atoms with Gasteiger partial charge in [-0.2, -0.15) is 4.98 Å². The molecule has 1 aromatic heterocycles. The van der Waals surface area contributed by atoms with E-state index in [9.17, 15) is 8.42 Å². The van der Waals surface area contributed by atoms with Crippen LogP contribution in [0.25, 0.3) is 5.57 Å². The number of hydrogen-bond donors (Lipinski definition) is 2. The third-order valence-electron chi connectivity index (χ3n) is 8.07. The molecule has 9 nitrogen and oxygen atoms in total. The van der Waals surface area contributed by atoms with Gasteiger partial charge in [-0.1, -0.05) is 29.8 Å². The molecule has 44 heavy (non-hydrogen) atoms. The van der Waals surface area contributed by atoms with Gasteiger partial charge in [-0.15, -0.1) is 0 Å². The van der Waals surface area contributed by atoms with Gasteiger partial charge in [-0.3, -0.25) is 4.90 Å². The van der Waals surface area contributed by atoms with Crippen molar-refractivity contribution in [2.45, 2.75) is 89.3 Å². The Bertz CT molecular complexity index is 1660. The molecule has 236 valence electrons. The standard InChI is InChI=1S/C33H42ClN5O4S/c1-19(2)43-30-15-26(24-13-22(6)39(23(7)14-24)25-17-42-18-25)21(5)12-29(30)37-33-35-16-27(34)32(38-33)36-28-10-8-9-11-31(28)44(40,41)20(3)4/h8-13,15-16,19-20,22-23,25H,14,17-18H2,1-7H3,(H2,35,36,37,38). The Hall–Kier alpha value is -3.18. The Morgan fingerprint density at radius 2 is 1.80 bits per heavy atom. The van der Waals surface area contributed by atoms with Gasteiger partial charge in [0.15, 0.2) is 15.7 Å². The van der Waals surface area contributed by atoms with Crippen molar-refractivity contribution in [1.82, 2.24) is 14.9 Å². The SMILES string of the molecule is Cc1cc(Nc2ncc(Cl)c(Nc3ccccc3S(=O)(=O)C(C)C)n2)c(OC(C)C)cc1C1=CC(C)N(C2COC2)C(C)C1. The summed E-state index contributed by atoms with van der Waals surface area (Å²) in [5.41, 5.74) is 4.70. The monoisotopic (exact) mass is 639 g/mol. The molecule has 0 amide bonds. The number of para-hydroxylation sites is 1. The molecule has 3 heterocycles. The number of benzene rings is 2. The molecule has 0 saturated carbocycles. The lowest BCUT2D eigenvalue weighted by Gasteiger charge is -2.46. The van der Waals surface area contributed by atoms with Gasteiger partial charge in [0.1, 0.15) is 10.8 Å². The normalized spacial score (nSPS) is 19.5. The van der Waals surface area contributed by atoms with Crippen molar-refractivity contribution in [3.63, 3.8) is 0 Å². The van der Waals surface area contributed by atoms with Gasteiger partial charge >= 0.3 is 0 Å². The van der Waals surface area contributed by atoms with Crippen LogP contribution in [0.3, 0.4) is 0 Å². The highest BCUT2D eigenvalue weighted by Crippen LogP contribution is 2.39. The van der Waals surface area contributed by atoms with E-state index in [1.807, 2.05) is 13.8 Å². The maximum absolute atomic E-state index is 13.0. The third kappa shape index (κ3) is 6.73. The van der Waals surface area contributed by atoms with Gasteiger partial charge in [-0.25, -0.2) is 13.4 Å². The molecule has 0 radical (unpaired) electrons. The molecule has 0 bridgehead atoms. The van der Waals surface area contributed by atoms with Gasteiger partial charge in [-0.05, 0) is 95.9 Å². The number of nitrogens with one attached hydrogen (secondary N) is 2. The summed E-state index contributed by atoms with van der Waals surface area (Å²) in [5.74, 6) is 1.27. The van der Waals surface area contributed by atoms with Gasteiger partial charge < -0.3 is 20.1 Å². The maximum atomic E-state index is 13.0. The van der Waals surface area contributed by atoms with E-state index in [1.165, 1.54) is 11.8 Å². The lowest BCUT2D eigenvalue weighted by molar-refractivity contribution is -0.0857. The first-order valence-electron chi connectivity index (χ1n) is 15.1. The Labute approximate surface area is 266 Å². The molecule has 2 aliphatic heterocycles. The van der Waals surface area contributed by atoms with Gasteiger partial charge in [0.25, 0.3) is 0 Å². The Balaban J connectivity index is 1.45. The predicted octanol–water partition coefficient (Wildman–Crippen LogP) is 7.16. The summed E-state index contributed by atoms with van der Waals surface area (Å²) in [5, 5.41) is 6.10. The summed E-state index contributed by atoms with van der Waals surface area (Å²) in [6, 6.07) is 12.1. The number of halogens is 1. The third-order valence-corrected chi connectivity index (χ3v) is 10.6. The summed E-state index contributed by atoms with van der Waals surface area (Å²) in [7, 11) is -3.54. The molecule has 1 fully saturated rings. The van der Waals surface area contributed by atoms with Crippen LogP contribution in [-0.4, -0.2) is 66.0 Å². The molecule has 2 N–H and O–H groups in total. The minimum atomic E-state index is -3.54. The minimum Gasteiger partial charge on any atom is -0.489 e. The first kappa shape index (κ1) is 32.2. The maximum Gasteiger partial charge on any atom is 0.229 e. The zero-order chi connectivity index (χ0) is 31.8. The van der Waals surface area contributed by atoms with Crippen molar-refractivity contribution in [2.75, 3.05) is 23.8 Å². The highest BCUT2D eigenvalue weighted by Gasteiger charge is 2.35. The van der Waals surface area contributed by atoms with Crippen LogP contribution in [0.15, 0.2) is 53.6 Å². The smallest absolute Gasteiger partial charge is 0.229 e. The van der Waals surface area contributed by atoms with Crippen LogP contribution in [0, 0.1) is 6.92 Å². The lowest BCUT2D eigenvalue weighted by atomic mass is 9.88. The summed E-state index contributed by atoms with van der Waals surface area (Å²) in [6.07, 6.45) is 4.74. The van der Waals surface area contributed by atoms with Crippen molar-refractivity contribution in [1.29, 1.82) is 0 Å². The Morgan fingerprint density at radius 1 is 1.07 bits per heavy atom. The van der Waals surface area contributed by atoms with Gasteiger partial charge in [0.05, 0.1) is 53.1 Å². The minimum absolute atomic E-state index is 0.0545. The number of anilines is 4. The number of aryl methyl sites for hydroxylation is 1. The van der Waals surface area contributed by atoms with Crippen LogP contribution in [-0.2, 0) is 14.6 Å². The molecule has 1 saturated heterocycles. The summed E-state index contributed by atoms with van der Waals surface area (Å²) >= 11 is 6.47. The van der Waals surface area contributed by atoms with Crippen LogP contribution < -0.4 is 15.4 Å². The average Bonchev–Trinajstić information content (AvgIpc) is 2.92. The van der Waals surface area contributed by atoms with E-state index < -0.39 is 15.1 Å². The molecule has 3 aromatic rings. The molecular weight excluding hydrogens is 598 g/mol. The van der Waals surface area contributed by atoms with Crippen LogP contribution in [0.2, 0.25) is 5.02 Å². The van der Waals surface area contributed by atoms with Crippen molar-refractivity contribution < 1.29 is 17.9 Å². The van der Waals surface area contributed by atoms with E-state index in [2.05, 4.69) is 64.5 Å². The molecule has 5 rings (SSSR count). The zero-order valence-electron chi connectivity index (χ0n) is 26.4. The second-order valence-electron chi connectivity index (χ2n) is 12.2. The highest BCUT2D eigenvalue weighted by atomic mass is 35.5. The number of hydrogen-bond acceptors (Lipinski definition) is 9. The molecule has 11 heteroatoms. The summed E-state index contributed by atoms with van der Waals surface area (Å²) in [6.45, 7) is 15.6. The van der Waals surface area contributed by atoms with E-state index in [4.69, 9.17) is 21.1 Å². The number of aromatic nitrogens is 2. The predicted molar refractivity (Wildman–Crippen MR) is 177 cm³/mol. The Kier molecular flexibility index (Phi) is 9.55. The van der Waals surface area contributed by atoms with E-state index in [0.29, 0.717) is 35.5 Å². The molecular formula is C33H42ClN5O4S. The van der Waals surface area contributed by atoms with Crippen molar-refractivity contribution in [3.8, 4) is 5.75 Å². The first-order chi connectivity index (χ1) is 20.8. The fourth-order valence-electron chi connectivity index (χ4n) is 5.88. The number of rotatable bonds is 10. The summed E-state index contributed by atoms with van der Waals surface area (Å²) < 4.78 is 37.7. The van der Waals surface area contributed by atoms with Crippen molar-refractivity contribution >= 4 is 50.2 Å². The zero-order valence-corrected chi connectivity index (χ0v) is 28.0. The Morgan fingerprint density at radius 3 is 2.43 bits per heavy atom. The molecule has 0 spiro atoms. The van der Waals surface area contributed by atoms with Crippen molar-refractivity contribution in [3.05, 3.63) is 64.8 Å². The molecule has 2 atom stereocenters. The second-order valence-corrected chi connectivity index (χ2v) is 15.1. The second kappa shape index (κ2) is 13.0. The fourth-order valence-corrected chi connectivity index (χ4v) is 7.22. The van der Waals surface area contributed by atoms with E-state index in [0.717, 1.165) is 36.4 Å². The van der Waals surface area contributed by atoms with E-state index in [1.54, 1.807) is 38.1 Å². The number of nitrogens with zero attached hydrogens (tertiary/aromatic N) is 3. The summed E-state index contributed by atoms with van der Waals surface area (Å²) in [4.78, 5) is 11.8. The quantitative estimate of drug-likeness (QED) is 0.239. The number of sulfone groups is 1. The molecule has 0 aliphatic carbocycles. The van der Waals surface area contributed by atoms with E-state index >= 15 is 0 Å². The largest absolute Gasteiger partial charge is 0.489 e. The first-order valence-corrected chi connectivity index (χ1v) is 17.0. The van der Waals surface area contributed by atoms with Crippen LogP contribution >= 0.6 is 11.6 Å². The average molecular weight is 640 g/mol. The van der Waals surface area contributed by atoms with E-state index in [-0.39, 0.29) is 21.8 Å². The van der Waals surface area contributed by atoms with Crippen LogP contribution in [0.4, 0.5) is 23.1 Å². The molecule has 2 unspecified atom stereocenters. The van der Waals surface area contributed by atoms with Gasteiger partial charge in [0, 0.05) is 12.1 Å². The molecule has 2 aliphatic rings.